The van der Waals surface area contributed by atoms with E-state index < -0.39 is 0 Å². The molecule has 3 heteroatoms. The number of nitrogens with zero attached hydrogens (tertiary/aromatic N) is 2. The van der Waals surface area contributed by atoms with Crippen LogP contribution in [0.5, 0.6) is 0 Å². The van der Waals surface area contributed by atoms with Crippen molar-refractivity contribution in [3.8, 4) is 5.69 Å². The summed E-state index contributed by atoms with van der Waals surface area (Å²) in [5, 5.41) is 0. The molecule has 4 aromatic rings. The van der Waals surface area contributed by atoms with E-state index in [1.54, 1.807) is 7.11 Å². The van der Waals surface area contributed by atoms with Gasteiger partial charge in [0, 0.05) is 12.8 Å². The number of imidazole rings is 1. The monoisotopic (exact) mass is 314 g/mol. The zero-order valence-corrected chi connectivity index (χ0v) is 13.5. The molecule has 1 aromatic heterocycles. The zero-order valence-electron chi connectivity index (χ0n) is 13.5. The van der Waals surface area contributed by atoms with Crippen molar-refractivity contribution in [1.29, 1.82) is 0 Å². The molecule has 0 aliphatic carbocycles. The van der Waals surface area contributed by atoms with Gasteiger partial charge in [0.15, 0.2) is 0 Å². The molecule has 0 aliphatic rings. The first-order chi connectivity index (χ1) is 11.9. The Morgan fingerprint density at radius 2 is 1.42 bits per heavy atom. The molecule has 0 amide bonds. The van der Waals surface area contributed by atoms with Gasteiger partial charge in [-0.05, 0) is 29.8 Å². The molecule has 0 spiro atoms. The van der Waals surface area contributed by atoms with Crippen molar-refractivity contribution < 1.29 is 4.74 Å². The van der Waals surface area contributed by atoms with Gasteiger partial charge in [0.1, 0.15) is 11.9 Å². The van der Waals surface area contributed by atoms with E-state index in [1.807, 2.05) is 54.6 Å². The Bertz CT molecular complexity index is 945. The number of para-hydroxylation sites is 3. The SMILES string of the molecule is COC(c1ccccc1)c1nc2ccccc2n1-c1ccccc1. The van der Waals surface area contributed by atoms with Crippen LogP contribution in [0.3, 0.4) is 0 Å². The predicted octanol–water partition coefficient (Wildman–Crippen LogP) is 4.76. The molecule has 118 valence electrons. The lowest BCUT2D eigenvalue weighted by molar-refractivity contribution is 0.128. The Labute approximate surface area is 141 Å². The van der Waals surface area contributed by atoms with Crippen LogP contribution in [-0.4, -0.2) is 16.7 Å². The van der Waals surface area contributed by atoms with Crippen molar-refractivity contribution in [2.75, 3.05) is 7.11 Å². The van der Waals surface area contributed by atoms with Crippen LogP contribution in [0.15, 0.2) is 84.9 Å². The number of ether oxygens (including phenoxy) is 1. The maximum absolute atomic E-state index is 5.83. The van der Waals surface area contributed by atoms with E-state index >= 15 is 0 Å². The van der Waals surface area contributed by atoms with Gasteiger partial charge in [-0.2, -0.15) is 0 Å². The Hall–Kier alpha value is -2.91. The fourth-order valence-corrected chi connectivity index (χ4v) is 3.09. The van der Waals surface area contributed by atoms with Crippen LogP contribution in [0.25, 0.3) is 16.7 Å². The van der Waals surface area contributed by atoms with Crippen LogP contribution in [-0.2, 0) is 4.74 Å². The van der Waals surface area contributed by atoms with Gasteiger partial charge in [-0.15, -0.1) is 0 Å². The molecule has 0 saturated heterocycles. The summed E-state index contributed by atoms with van der Waals surface area (Å²) in [7, 11) is 1.73. The Balaban J connectivity index is 1.98. The minimum absolute atomic E-state index is 0.223. The smallest absolute Gasteiger partial charge is 0.148 e. The first kappa shape index (κ1) is 14.7. The van der Waals surface area contributed by atoms with Crippen LogP contribution in [0.1, 0.15) is 17.5 Å². The fraction of sp³-hybridized carbons (Fsp3) is 0.0952. The summed E-state index contributed by atoms with van der Waals surface area (Å²) in [6, 6.07) is 28.7. The Morgan fingerprint density at radius 3 is 2.12 bits per heavy atom. The Kier molecular flexibility index (Phi) is 3.85. The molecule has 4 rings (SSSR count). The molecule has 0 N–H and O–H groups in total. The zero-order chi connectivity index (χ0) is 16.4. The van der Waals surface area contributed by atoms with Gasteiger partial charge in [-0.3, -0.25) is 4.57 Å². The largest absolute Gasteiger partial charge is 0.369 e. The van der Waals surface area contributed by atoms with Crippen molar-refractivity contribution in [3.05, 3.63) is 96.3 Å². The summed E-state index contributed by atoms with van der Waals surface area (Å²) in [6.45, 7) is 0. The normalized spacial score (nSPS) is 12.4. The second-order valence-electron chi connectivity index (χ2n) is 5.66. The molecular weight excluding hydrogens is 296 g/mol. The summed E-state index contributed by atoms with van der Waals surface area (Å²) in [5.74, 6) is 0.885. The van der Waals surface area contributed by atoms with Gasteiger partial charge in [0.25, 0.3) is 0 Å². The van der Waals surface area contributed by atoms with Crippen LogP contribution in [0.4, 0.5) is 0 Å². The number of fused-ring (bicyclic) bond motifs is 1. The molecule has 1 heterocycles. The summed E-state index contributed by atoms with van der Waals surface area (Å²) in [4.78, 5) is 4.87. The second kappa shape index (κ2) is 6.30. The van der Waals surface area contributed by atoms with Crippen LogP contribution in [0, 0.1) is 0 Å². The number of hydrogen-bond donors (Lipinski definition) is 0. The lowest BCUT2D eigenvalue weighted by Gasteiger charge is -2.18. The quantitative estimate of drug-likeness (QED) is 0.543. The molecular formula is C21H18N2O. The van der Waals surface area contributed by atoms with Gasteiger partial charge in [0.2, 0.25) is 0 Å². The lowest BCUT2D eigenvalue weighted by atomic mass is 10.1. The minimum atomic E-state index is -0.223. The van der Waals surface area contributed by atoms with E-state index in [4.69, 9.17) is 9.72 Å². The fourth-order valence-electron chi connectivity index (χ4n) is 3.09. The van der Waals surface area contributed by atoms with E-state index in [0.29, 0.717) is 0 Å². The van der Waals surface area contributed by atoms with Gasteiger partial charge in [-0.25, -0.2) is 4.98 Å². The van der Waals surface area contributed by atoms with E-state index in [-0.39, 0.29) is 6.10 Å². The first-order valence-electron chi connectivity index (χ1n) is 7.99. The third-order valence-corrected chi connectivity index (χ3v) is 4.17. The molecule has 0 saturated carbocycles. The number of hydrogen-bond acceptors (Lipinski definition) is 2. The molecule has 3 nitrogen and oxygen atoms in total. The predicted molar refractivity (Wildman–Crippen MR) is 96.4 cm³/mol. The molecule has 0 fully saturated rings. The maximum Gasteiger partial charge on any atom is 0.148 e. The van der Waals surface area contributed by atoms with E-state index in [1.165, 1.54) is 0 Å². The highest BCUT2D eigenvalue weighted by molar-refractivity contribution is 5.78. The van der Waals surface area contributed by atoms with Gasteiger partial charge in [0.05, 0.1) is 11.0 Å². The number of aromatic nitrogens is 2. The highest BCUT2D eigenvalue weighted by Crippen LogP contribution is 2.30. The third-order valence-electron chi connectivity index (χ3n) is 4.17. The topological polar surface area (TPSA) is 27.1 Å². The Morgan fingerprint density at radius 1 is 0.792 bits per heavy atom. The van der Waals surface area contributed by atoms with E-state index in [9.17, 15) is 0 Å². The number of rotatable bonds is 4. The highest BCUT2D eigenvalue weighted by Gasteiger charge is 2.22. The van der Waals surface area contributed by atoms with Crippen molar-refractivity contribution >= 4 is 11.0 Å². The molecule has 24 heavy (non-hydrogen) atoms. The maximum atomic E-state index is 5.83. The highest BCUT2D eigenvalue weighted by atomic mass is 16.5. The van der Waals surface area contributed by atoms with Gasteiger partial charge in [-0.1, -0.05) is 60.7 Å². The summed E-state index contributed by atoms with van der Waals surface area (Å²) in [5.41, 5.74) is 4.22. The third kappa shape index (κ3) is 2.49. The average Bonchev–Trinajstić information content (AvgIpc) is 3.03. The van der Waals surface area contributed by atoms with Gasteiger partial charge < -0.3 is 4.74 Å². The number of benzene rings is 3. The van der Waals surface area contributed by atoms with Crippen molar-refractivity contribution in [3.63, 3.8) is 0 Å². The average molecular weight is 314 g/mol. The lowest BCUT2D eigenvalue weighted by Crippen LogP contribution is -2.11. The minimum Gasteiger partial charge on any atom is -0.369 e. The standard InChI is InChI=1S/C21H18N2O/c1-24-20(16-10-4-2-5-11-16)21-22-18-14-8-9-15-19(18)23(21)17-12-6-3-7-13-17/h2-15,20H,1H3. The summed E-state index contributed by atoms with van der Waals surface area (Å²) < 4.78 is 8.01. The van der Waals surface area contributed by atoms with Crippen LogP contribution in [0.2, 0.25) is 0 Å². The van der Waals surface area contributed by atoms with Crippen molar-refractivity contribution in [2.45, 2.75) is 6.10 Å². The molecule has 1 unspecified atom stereocenters. The molecule has 3 aromatic carbocycles. The molecule has 0 aliphatic heterocycles. The van der Waals surface area contributed by atoms with Gasteiger partial charge >= 0.3 is 0 Å². The number of methoxy groups -OCH3 is 1. The van der Waals surface area contributed by atoms with Crippen molar-refractivity contribution in [2.24, 2.45) is 0 Å². The molecule has 0 bridgehead atoms. The van der Waals surface area contributed by atoms with Crippen molar-refractivity contribution in [1.82, 2.24) is 9.55 Å². The van der Waals surface area contributed by atoms with Crippen LogP contribution < -0.4 is 0 Å². The summed E-state index contributed by atoms with van der Waals surface area (Å²) in [6.07, 6.45) is -0.223. The van der Waals surface area contributed by atoms with E-state index in [0.717, 1.165) is 28.1 Å². The first-order valence-corrected chi connectivity index (χ1v) is 7.99. The molecule has 0 radical (unpaired) electrons. The summed E-state index contributed by atoms with van der Waals surface area (Å²) >= 11 is 0. The second-order valence-corrected chi connectivity index (χ2v) is 5.66. The molecule has 1 atom stereocenters. The van der Waals surface area contributed by atoms with Crippen LogP contribution >= 0.6 is 0 Å². The van der Waals surface area contributed by atoms with E-state index in [2.05, 4.69) is 34.9 Å².